The van der Waals surface area contributed by atoms with Crippen molar-refractivity contribution in [3.8, 4) is 5.75 Å². The summed E-state index contributed by atoms with van der Waals surface area (Å²) in [6.45, 7) is 5.75. The van der Waals surface area contributed by atoms with Gasteiger partial charge in [0.15, 0.2) is 12.2 Å². The Balaban J connectivity index is 2.68. The molecular formula is C16H22O6. The second kappa shape index (κ2) is 9.04. The van der Waals surface area contributed by atoms with Crippen LogP contribution in [0, 0.1) is 0 Å². The largest absolute Gasteiger partial charge is 0.479 e. The zero-order valence-corrected chi connectivity index (χ0v) is 13.1. The van der Waals surface area contributed by atoms with Gasteiger partial charge in [0.05, 0.1) is 6.61 Å². The van der Waals surface area contributed by atoms with E-state index in [9.17, 15) is 9.59 Å². The van der Waals surface area contributed by atoms with Gasteiger partial charge in [0.1, 0.15) is 5.75 Å². The van der Waals surface area contributed by atoms with E-state index >= 15 is 0 Å². The topological polar surface area (TPSA) is 82.1 Å². The van der Waals surface area contributed by atoms with Crippen molar-refractivity contribution in [2.75, 3.05) is 13.2 Å². The quantitative estimate of drug-likeness (QED) is 0.703. The highest BCUT2D eigenvalue weighted by Crippen LogP contribution is 2.16. The molecule has 0 bridgehead atoms. The Kier molecular flexibility index (Phi) is 7.39. The minimum atomic E-state index is -1.03. The molecule has 0 heterocycles. The monoisotopic (exact) mass is 310 g/mol. The first-order chi connectivity index (χ1) is 10.5. The maximum atomic E-state index is 11.8. The molecule has 0 fully saturated rings. The van der Waals surface area contributed by atoms with Crippen LogP contribution in [0.1, 0.15) is 26.3 Å². The van der Waals surface area contributed by atoms with E-state index in [0.29, 0.717) is 25.4 Å². The average molecular weight is 310 g/mol. The van der Waals surface area contributed by atoms with E-state index in [1.165, 1.54) is 6.92 Å². The zero-order chi connectivity index (χ0) is 16.5. The number of rotatable bonds is 9. The summed E-state index contributed by atoms with van der Waals surface area (Å²) in [6.07, 6.45) is -1.17. The first-order valence-electron chi connectivity index (χ1n) is 7.24. The Morgan fingerprint density at radius 1 is 1.14 bits per heavy atom. The number of aliphatic carboxylic acids is 1. The number of benzene rings is 1. The second-order valence-electron chi connectivity index (χ2n) is 4.64. The number of carboxylic acid groups (broad SMARTS) is 1. The number of carboxylic acids is 1. The lowest BCUT2D eigenvalue weighted by Crippen LogP contribution is -2.29. The lowest BCUT2D eigenvalue weighted by molar-refractivity contribution is -0.156. The summed E-state index contributed by atoms with van der Waals surface area (Å²) in [5.41, 5.74) is 0.877. The van der Waals surface area contributed by atoms with E-state index in [1.807, 2.05) is 6.92 Å². The fourth-order valence-electron chi connectivity index (χ4n) is 1.82. The summed E-state index contributed by atoms with van der Waals surface area (Å²) in [4.78, 5) is 22.5. The molecule has 0 spiro atoms. The van der Waals surface area contributed by atoms with E-state index in [0.717, 1.165) is 5.56 Å². The van der Waals surface area contributed by atoms with Crippen molar-refractivity contribution in [2.45, 2.75) is 39.4 Å². The van der Waals surface area contributed by atoms with Crippen LogP contribution in [0.5, 0.6) is 5.75 Å². The van der Waals surface area contributed by atoms with Crippen molar-refractivity contribution < 1.29 is 28.9 Å². The highest BCUT2D eigenvalue weighted by atomic mass is 16.6. The molecule has 0 unspecified atom stereocenters. The van der Waals surface area contributed by atoms with E-state index in [-0.39, 0.29) is 5.97 Å². The van der Waals surface area contributed by atoms with Gasteiger partial charge in [-0.15, -0.1) is 0 Å². The molecule has 0 amide bonds. The first kappa shape index (κ1) is 18.0. The van der Waals surface area contributed by atoms with Gasteiger partial charge < -0.3 is 19.3 Å². The molecule has 122 valence electrons. The van der Waals surface area contributed by atoms with Crippen molar-refractivity contribution in [3.63, 3.8) is 0 Å². The summed E-state index contributed by atoms with van der Waals surface area (Å²) < 4.78 is 15.6. The summed E-state index contributed by atoms with van der Waals surface area (Å²) in [5.74, 6) is -0.949. The normalized spacial score (nSPS) is 13.2. The van der Waals surface area contributed by atoms with Gasteiger partial charge in [0.2, 0.25) is 0 Å². The van der Waals surface area contributed by atoms with Gasteiger partial charge >= 0.3 is 11.9 Å². The highest BCUT2D eigenvalue weighted by Gasteiger charge is 2.20. The molecular weight excluding hydrogens is 288 g/mol. The van der Waals surface area contributed by atoms with Crippen LogP contribution >= 0.6 is 0 Å². The maximum Gasteiger partial charge on any atom is 0.344 e. The summed E-state index contributed by atoms with van der Waals surface area (Å²) >= 11 is 0. The summed E-state index contributed by atoms with van der Waals surface area (Å²) in [6, 6.07) is 6.89. The predicted octanol–water partition coefficient (Wildman–Crippen LogP) is 2.05. The van der Waals surface area contributed by atoms with E-state index < -0.39 is 18.2 Å². The lowest BCUT2D eigenvalue weighted by atomic mass is 10.1. The molecule has 0 radical (unpaired) electrons. The van der Waals surface area contributed by atoms with E-state index in [1.54, 1.807) is 31.2 Å². The molecule has 0 saturated carbocycles. The molecule has 1 N–H and O–H groups in total. The van der Waals surface area contributed by atoms with Crippen molar-refractivity contribution >= 4 is 11.9 Å². The van der Waals surface area contributed by atoms with Crippen molar-refractivity contribution in [1.82, 2.24) is 0 Å². The fourth-order valence-corrected chi connectivity index (χ4v) is 1.82. The minimum Gasteiger partial charge on any atom is -0.479 e. The minimum absolute atomic E-state index is 0.308. The molecule has 0 saturated heterocycles. The third kappa shape index (κ3) is 5.73. The van der Waals surface area contributed by atoms with Crippen LogP contribution in [0.25, 0.3) is 0 Å². The van der Waals surface area contributed by atoms with Crippen LogP contribution in [-0.4, -0.2) is 42.5 Å². The molecule has 0 aliphatic carbocycles. The summed E-state index contributed by atoms with van der Waals surface area (Å²) in [7, 11) is 0. The molecule has 1 aromatic rings. The van der Waals surface area contributed by atoms with Gasteiger partial charge in [-0.3, -0.25) is 0 Å². The number of hydrogen-bond acceptors (Lipinski definition) is 5. The Hall–Kier alpha value is -2.08. The van der Waals surface area contributed by atoms with Gasteiger partial charge in [0, 0.05) is 13.0 Å². The van der Waals surface area contributed by atoms with Crippen LogP contribution in [0.15, 0.2) is 24.3 Å². The molecule has 1 aromatic carbocycles. The van der Waals surface area contributed by atoms with Crippen LogP contribution in [0.4, 0.5) is 0 Å². The maximum absolute atomic E-state index is 11.8. The number of carbonyl (C=O) groups excluding carboxylic acids is 1. The van der Waals surface area contributed by atoms with Crippen LogP contribution in [0.2, 0.25) is 0 Å². The number of esters is 1. The number of carbonyl (C=O) groups is 2. The van der Waals surface area contributed by atoms with E-state index in [2.05, 4.69) is 0 Å². The van der Waals surface area contributed by atoms with Crippen LogP contribution < -0.4 is 4.74 Å². The van der Waals surface area contributed by atoms with Gasteiger partial charge in [-0.2, -0.15) is 0 Å². The molecule has 6 nitrogen and oxygen atoms in total. The Morgan fingerprint density at radius 3 is 2.27 bits per heavy atom. The molecule has 6 heteroatoms. The Morgan fingerprint density at radius 2 is 1.77 bits per heavy atom. The second-order valence-corrected chi connectivity index (χ2v) is 4.64. The molecule has 22 heavy (non-hydrogen) atoms. The highest BCUT2D eigenvalue weighted by molar-refractivity contribution is 5.75. The molecule has 2 atom stereocenters. The molecule has 0 aliphatic heterocycles. The predicted molar refractivity (Wildman–Crippen MR) is 79.9 cm³/mol. The Labute approximate surface area is 130 Å². The van der Waals surface area contributed by atoms with Crippen molar-refractivity contribution in [2.24, 2.45) is 0 Å². The fraction of sp³-hybridized carbons (Fsp3) is 0.500. The number of hydrogen-bond donors (Lipinski definition) is 1. The van der Waals surface area contributed by atoms with Crippen molar-refractivity contribution in [3.05, 3.63) is 29.8 Å². The molecule has 1 rings (SSSR count). The van der Waals surface area contributed by atoms with Gasteiger partial charge in [-0.1, -0.05) is 12.1 Å². The molecule has 0 aromatic heterocycles. The van der Waals surface area contributed by atoms with Crippen LogP contribution in [0.3, 0.4) is 0 Å². The third-order valence-electron chi connectivity index (χ3n) is 2.92. The zero-order valence-electron chi connectivity index (χ0n) is 13.1. The summed E-state index contributed by atoms with van der Waals surface area (Å²) in [5, 5.41) is 8.79. The van der Waals surface area contributed by atoms with E-state index in [4.69, 9.17) is 19.3 Å². The Bertz CT molecular complexity index is 482. The number of ether oxygens (including phenoxy) is 3. The SMILES string of the molecule is CCOC(=O)[C@H](Cc1ccc(O[C@@H](C)C(=O)O)cc1)OCC. The average Bonchev–Trinajstić information content (AvgIpc) is 2.48. The lowest BCUT2D eigenvalue weighted by Gasteiger charge is -2.16. The van der Waals surface area contributed by atoms with Crippen LogP contribution in [-0.2, 0) is 25.5 Å². The smallest absolute Gasteiger partial charge is 0.344 e. The van der Waals surface area contributed by atoms with Gasteiger partial charge in [0.25, 0.3) is 0 Å². The third-order valence-corrected chi connectivity index (χ3v) is 2.92. The van der Waals surface area contributed by atoms with Crippen molar-refractivity contribution in [1.29, 1.82) is 0 Å². The standard InChI is InChI=1S/C16H22O6/c1-4-20-14(16(19)21-5-2)10-12-6-8-13(9-7-12)22-11(3)15(17)18/h6-9,11,14H,4-5,10H2,1-3H3,(H,17,18)/t11-,14-/m0/s1. The van der Waals surface area contributed by atoms with Gasteiger partial charge in [-0.25, -0.2) is 9.59 Å². The molecule has 0 aliphatic rings. The van der Waals surface area contributed by atoms with Gasteiger partial charge in [-0.05, 0) is 38.5 Å². The first-order valence-corrected chi connectivity index (χ1v) is 7.24.